The van der Waals surface area contributed by atoms with E-state index in [-0.39, 0.29) is 11.7 Å². The van der Waals surface area contributed by atoms with Crippen molar-refractivity contribution >= 4 is 23.2 Å². The number of nitrogens with one attached hydrogen (secondary N) is 2. The SMILES string of the molecule is CCc1cccc(NC(N)=NCc2cccc(NC(=O)c3ccco3)c2)c1. The van der Waals surface area contributed by atoms with Crippen LogP contribution >= 0.6 is 0 Å². The molecule has 0 atom stereocenters. The lowest BCUT2D eigenvalue weighted by Crippen LogP contribution is -2.22. The summed E-state index contributed by atoms with van der Waals surface area (Å²) in [7, 11) is 0. The van der Waals surface area contributed by atoms with Gasteiger partial charge < -0.3 is 20.8 Å². The molecule has 0 unspecified atom stereocenters. The second kappa shape index (κ2) is 8.71. The standard InChI is InChI=1S/C21H22N4O2/c1-2-15-6-3-9-18(12-15)25-21(22)23-14-16-7-4-8-17(13-16)24-20(26)19-10-5-11-27-19/h3-13H,2,14H2,1H3,(H,24,26)(H3,22,23,25). The van der Waals surface area contributed by atoms with Crippen LogP contribution in [-0.2, 0) is 13.0 Å². The van der Waals surface area contributed by atoms with Crippen LogP contribution in [0.25, 0.3) is 0 Å². The number of benzene rings is 2. The molecule has 6 heteroatoms. The van der Waals surface area contributed by atoms with Crippen LogP contribution in [0.1, 0.15) is 28.6 Å². The Morgan fingerprint density at radius 2 is 1.70 bits per heavy atom. The van der Waals surface area contributed by atoms with Gasteiger partial charge in [-0.15, -0.1) is 0 Å². The molecule has 0 saturated carbocycles. The van der Waals surface area contributed by atoms with Gasteiger partial charge in [-0.2, -0.15) is 0 Å². The van der Waals surface area contributed by atoms with E-state index in [1.807, 2.05) is 42.5 Å². The first-order valence-electron chi connectivity index (χ1n) is 8.73. The molecule has 0 spiro atoms. The summed E-state index contributed by atoms with van der Waals surface area (Å²) in [6.07, 6.45) is 2.43. The number of aliphatic imine (C=N–C) groups is 1. The Hall–Kier alpha value is -3.54. The highest BCUT2D eigenvalue weighted by Gasteiger charge is 2.08. The number of rotatable bonds is 6. The molecule has 4 N–H and O–H groups in total. The lowest BCUT2D eigenvalue weighted by atomic mass is 10.1. The van der Waals surface area contributed by atoms with Gasteiger partial charge in [0.25, 0.3) is 5.91 Å². The number of nitrogens with zero attached hydrogens (tertiary/aromatic N) is 1. The molecule has 1 amide bonds. The molecule has 0 aliphatic rings. The van der Waals surface area contributed by atoms with Crippen molar-refractivity contribution in [2.75, 3.05) is 10.6 Å². The molecule has 0 radical (unpaired) electrons. The van der Waals surface area contributed by atoms with Gasteiger partial charge in [-0.3, -0.25) is 4.79 Å². The molecule has 138 valence electrons. The minimum Gasteiger partial charge on any atom is -0.459 e. The molecule has 2 aromatic carbocycles. The summed E-state index contributed by atoms with van der Waals surface area (Å²) < 4.78 is 5.09. The van der Waals surface area contributed by atoms with E-state index in [0.29, 0.717) is 18.2 Å². The third-order valence-corrected chi connectivity index (χ3v) is 3.97. The van der Waals surface area contributed by atoms with Gasteiger partial charge in [-0.05, 0) is 53.9 Å². The first-order chi connectivity index (χ1) is 13.1. The molecule has 27 heavy (non-hydrogen) atoms. The van der Waals surface area contributed by atoms with Gasteiger partial charge in [0.1, 0.15) is 0 Å². The maximum Gasteiger partial charge on any atom is 0.291 e. The lowest BCUT2D eigenvalue weighted by Gasteiger charge is -2.08. The third-order valence-electron chi connectivity index (χ3n) is 3.97. The molecule has 6 nitrogen and oxygen atoms in total. The fourth-order valence-corrected chi connectivity index (χ4v) is 2.58. The van der Waals surface area contributed by atoms with Crippen molar-refractivity contribution in [2.45, 2.75) is 19.9 Å². The number of hydrogen-bond donors (Lipinski definition) is 3. The number of nitrogens with two attached hydrogens (primary N) is 1. The maximum absolute atomic E-state index is 12.0. The largest absolute Gasteiger partial charge is 0.459 e. The van der Waals surface area contributed by atoms with Crippen LogP contribution in [0.5, 0.6) is 0 Å². The quantitative estimate of drug-likeness (QED) is 0.456. The van der Waals surface area contributed by atoms with Crippen molar-refractivity contribution < 1.29 is 9.21 Å². The van der Waals surface area contributed by atoms with Gasteiger partial charge in [0.05, 0.1) is 12.8 Å². The molecule has 0 aliphatic heterocycles. The van der Waals surface area contributed by atoms with Gasteiger partial charge in [0, 0.05) is 11.4 Å². The number of furan rings is 1. The fraction of sp³-hybridized carbons (Fsp3) is 0.143. The van der Waals surface area contributed by atoms with E-state index in [4.69, 9.17) is 10.2 Å². The van der Waals surface area contributed by atoms with E-state index >= 15 is 0 Å². The normalized spacial score (nSPS) is 11.2. The van der Waals surface area contributed by atoms with E-state index in [1.165, 1.54) is 11.8 Å². The average Bonchev–Trinajstić information content (AvgIpc) is 3.22. The number of aryl methyl sites for hydroxylation is 1. The lowest BCUT2D eigenvalue weighted by molar-refractivity contribution is 0.0996. The Labute approximate surface area is 158 Å². The summed E-state index contributed by atoms with van der Waals surface area (Å²) in [5.74, 6) is 0.312. The van der Waals surface area contributed by atoms with Crippen molar-refractivity contribution in [3.63, 3.8) is 0 Å². The molecule has 1 heterocycles. The highest BCUT2D eigenvalue weighted by molar-refractivity contribution is 6.02. The monoisotopic (exact) mass is 362 g/mol. The molecule has 0 bridgehead atoms. The molecule has 0 aliphatic carbocycles. The second-order valence-electron chi connectivity index (χ2n) is 6.01. The van der Waals surface area contributed by atoms with Gasteiger partial charge in [-0.1, -0.05) is 31.2 Å². The number of hydrogen-bond acceptors (Lipinski definition) is 3. The van der Waals surface area contributed by atoms with Crippen LogP contribution in [0, 0.1) is 0 Å². The summed E-state index contributed by atoms with van der Waals surface area (Å²) in [6, 6.07) is 18.8. The molecular formula is C21H22N4O2. The van der Waals surface area contributed by atoms with Crippen molar-refractivity contribution in [1.82, 2.24) is 0 Å². The highest BCUT2D eigenvalue weighted by atomic mass is 16.3. The summed E-state index contributed by atoms with van der Waals surface area (Å²) >= 11 is 0. The number of guanidine groups is 1. The van der Waals surface area contributed by atoms with E-state index in [0.717, 1.165) is 17.7 Å². The van der Waals surface area contributed by atoms with Crippen molar-refractivity contribution in [1.29, 1.82) is 0 Å². The van der Waals surface area contributed by atoms with Gasteiger partial charge >= 0.3 is 0 Å². The second-order valence-corrected chi connectivity index (χ2v) is 6.01. The maximum atomic E-state index is 12.0. The Bertz CT molecular complexity index is 933. The molecule has 0 saturated heterocycles. The number of carbonyl (C=O) groups is 1. The van der Waals surface area contributed by atoms with Gasteiger partial charge in [-0.25, -0.2) is 4.99 Å². The minimum atomic E-state index is -0.294. The van der Waals surface area contributed by atoms with Crippen molar-refractivity contribution in [2.24, 2.45) is 10.7 Å². The highest BCUT2D eigenvalue weighted by Crippen LogP contribution is 2.14. The summed E-state index contributed by atoms with van der Waals surface area (Å²) in [6.45, 7) is 2.50. The molecule has 0 fully saturated rings. The van der Waals surface area contributed by atoms with Crippen molar-refractivity contribution in [3.05, 3.63) is 83.8 Å². The summed E-state index contributed by atoms with van der Waals surface area (Å²) in [4.78, 5) is 16.4. The first kappa shape index (κ1) is 18.3. The number of carbonyl (C=O) groups excluding carboxylic acids is 1. The predicted octanol–water partition coefficient (Wildman–Crippen LogP) is 4.02. The fourth-order valence-electron chi connectivity index (χ4n) is 2.58. The molecule has 3 rings (SSSR count). The zero-order valence-corrected chi connectivity index (χ0v) is 15.1. The topological polar surface area (TPSA) is 92.6 Å². The Morgan fingerprint density at radius 3 is 2.41 bits per heavy atom. The Balaban J connectivity index is 1.61. The zero-order chi connectivity index (χ0) is 19.1. The van der Waals surface area contributed by atoms with Crippen LogP contribution in [0.4, 0.5) is 11.4 Å². The van der Waals surface area contributed by atoms with E-state index in [9.17, 15) is 4.79 Å². The van der Waals surface area contributed by atoms with E-state index in [1.54, 1.807) is 12.1 Å². The first-order valence-corrected chi connectivity index (χ1v) is 8.73. The smallest absolute Gasteiger partial charge is 0.291 e. The van der Waals surface area contributed by atoms with Crippen molar-refractivity contribution in [3.8, 4) is 0 Å². The van der Waals surface area contributed by atoms with Crippen LogP contribution in [0.3, 0.4) is 0 Å². The molecule has 1 aromatic heterocycles. The summed E-state index contributed by atoms with van der Waals surface area (Å²) in [5.41, 5.74) is 9.73. The minimum absolute atomic E-state index is 0.265. The van der Waals surface area contributed by atoms with E-state index < -0.39 is 0 Å². The average molecular weight is 362 g/mol. The zero-order valence-electron chi connectivity index (χ0n) is 15.1. The molecule has 3 aromatic rings. The van der Waals surface area contributed by atoms with Crippen LogP contribution in [0.2, 0.25) is 0 Å². The molecular weight excluding hydrogens is 340 g/mol. The van der Waals surface area contributed by atoms with Crippen LogP contribution in [0.15, 0.2) is 76.3 Å². The summed E-state index contributed by atoms with van der Waals surface area (Å²) in [5, 5.41) is 5.89. The van der Waals surface area contributed by atoms with Gasteiger partial charge in [0.2, 0.25) is 0 Å². The third kappa shape index (κ3) is 5.22. The number of anilines is 2. The Kier molecular flexibility index (Phi) is 5.89. The predicted molar refractivity (Wildman–Crippen MR) is 108 cm³/mol. The Morgan fingerprint density at radius 1 is 1.00 bits per heavy atom. The van der Waals surface area contributed by atoms with E-state index in [2.05, 4.69) is 28.6 Å². The van der Waals surface area contributed by atoms with Gasteiger partial charge in [0.15, 0.2) is 11.7 Å². The number of amides is 1. The van der Waals surface area contributed by atoms with Crippen LogP contribution in [-0.4, -0.2) is 11.9 Å². The van der Waals surface area contributed by atoms with Crippen LogP contribution < -0.4 is 16.4 Å².